The first kappa shape index (κ1) is 39.2. The molecule has 0 bridgehead atoms. The molecule has 8 heteroatoms. The molecule has 0 N–H and O–H groups in total. The first-order valence-electron chi connectivity index (χ1n) is 16.5. The van der Waals surface area contributed by atoms with Crippen LogP contribution in [0.4, 0.5) is 0 Å². The van der Waals surface area contributed by atoms with Gasteiger partial charge in [0.05, 0.1) is 0 Å². The van der Waals surface area contributed by atoms with Gasteiger partial charge >= 0.3 is 18.9 Å². The largest absolute Gasteiger partial charge is 1.00 e. The van der Waals surface area contributed by atoms with Crippen molar-refractivity contribution in [3.8, 4) is 0 Å². The summed E-state index contributed by atoms with van der Waals surface area (Å²) < 4.78 is 14.8. The molecule has 3 aromatic carbocycles. The van der Waals surface area contributed by atoms with E-state index in [1.807, 2.05) is 0 Å². The van der Waals surface area contributed by atoms with Gasteiger partial charge in [-0.15, -0.1) is 15.2 Å². The van der Waals surface area contributed by atoms with Crippen LogP contribution >= 0.6 is 0 Å². The molecule has 0 atom stereocenters. The quantitative estimate of drug-likeness (QED) is 0.297. The van der Waals surface area contributed by atoms with E-state index in [0.29, 0.717) is 0 Å². The van der Waals surface area contributed by atoms with E-state index in [9.17, 15) is 0 Å². The summed E-state index contributed by atoms with van der Waals surface area (Å²) in [7, 11) is -5.47. The third-order valence-electron chi connectivity index (χ3n) is 7.98. The Morgan fingerprint density at radius 3 is 0.795 bits per heavy atom. The maximum Gasteiger partial charge on any atom is 1.00 e. The Morgan fingerprint density at radius 1 is 0.409 bits per heavy atom. The second kappa shape index (κ2) is 20.3. The number of ether oxygens (including phenoxy) is 3. The Labute approximate surface area is 285 Å². The first-order valence-corrected chi connectivity index (χ1v) is 30.0. The summed E-state index contributed by atoms with van der Waals surface area (Å²) in [6, 6.07) is 34.7. The molecule has 3 aliphatic heterocycles. The van der Waals surface area contributed by atoms with E-state index in [4.69, 9.17) is 14.2 Å². The molecule has 3 heterocycles. The molecule has 0 radical (unpaired) electrons. The molecule has 3 aromatic rings. The Morgan fingerprint density at radius 2 is 0.636 bits per heavy atom. The summed E-state index contributed by atoms with van der Waals surface area (Å²) in [4.78, 5) is 0. The first-order chi connectivity index (χ1) is 20.7. The fourth-order valence-electron chi connectivity index (χ4n) is 6.78. The van der Waals surface area contributed by atoms with Crippen LogP contribution in [0.2, 0.25) is 39.3 Å². The smallest absolute Gasteiger partial charge is 0.381 e. The molecule has 0 saturated carbocycles. The average Bonchev–Trinajstić information content (AvgIpc) is 3.83. The van der Waals surface area contributed by atoms with Crippen LogP contribution in [0.5, 0.6) is 0 Å². The van der Waals surface area contributed by atoms with Gasteiger partial charge in [0.2, 0.25) is 0 Å². The molecule has 0 aliphatic carbocycles. The second-order valence-corrected chi connectivity index (χ2v) is 46.9. The van der Waals surface area contributed by atoms with Gasteiger partial charge in [0.1, 0.15) is 0 Å². The van der Waals surface area contributed by atoms with Gasteiger partial charge in [-0.25, -0.2) is 7.35 Å². The van der Waals surface area contributed by atoms with E-state index in [-0.39, 0.29) is 18.9 Å². The molecule has 236 valence electrons. The van der Waals surface area contributed by atoms with Crippen molar-refractivity contribution in [3.63, 3.8) is 0 Å². The number of hydrogen-bond donors (Lipinski definition) is 0. The van der Waals surface area contributed by atoms with Crippen LogP contribution in [-0.2, 0) is 14.2 Å². The zero-order valence-corrected chi connectivity index (χ0v) is 32.9. The molecule has 3 nitrogen and oxygen atoms in total. The molecule has 44 heavy (non-hydrogen) atoms. The van der Waals surface area contributed by atoms with Gasteiger partial charge in [0.25, 0.3) is 0 Å². The van der Waals surface area contributed by atoms with Gasteiger partial charge in [-0.05, 0) is 46.1 Å². The van der Waals surface area contributed by atoms with E-state index >= 15 is 0 Å². The number of rotatable bonds is 6. The van der Waals surface area contributed by atoms with E-state index in [1.54, 1.807) is 15.6 Å². The fraction of sp³-hybridized carbons (Fsp3) is 0.500. The summed E-state index contributed by atoms with van der Waals surface area (Å²) >= 11 is 0. The minimum absolute atomic E-state index is 0. The van der Waals surface area contributed by atoms with E-state index < -0.39 is 30.1 Å². The topological polar surface area (TPSA) is 27.7 Å². The Bertz CT molecular complexity index is 970. The van der Waals surface area contributed by atoms with Crippen LogP contribution in [0.15, 0.2) is 91.0 Å². The molecule has 0 amide bonds. The summed E-state index contributed by atoms with van der Waals surface area (Å²) in [6.45, 7) is 21.9. The van der Waals surface area contributed by atoms with E-state index in [0.717, 1.165) is 39.6 Å². The standard InChI is InChI=1S/C24H33Si4.3C4H8O.Li/c1-26(2,3)25(27(4,5)6)28(22-16-10-7-11-17-22,23-18-12-8-13-19-23)24-20-14-9-15-21-24;3*1-2-4-5-3-1;/h7-21H,1-6H3;3*1-4H2;/q-1;;;;+1. The molecular formula is C36H57LiO3Si4. The molecule has 6 rings (SSSR count). The van der Waals surface area contributed by atoms with Crippen molar-refractivity contribution >= 4 is 45.7 Å². The fourth-order valence-corrected chi connectivity index (χ4v) is 81.1. The van der Waals surface area contributed by atoms with Crippen molar-refractivity contribution in [1.29, 1.82) is 0 Å². The van der Waals surface area contributed by atoms with Crippen LogP contribution in [0, 0.1) is 0 Å². The SMILES string of the molecule is C1CCOC1.C1CCOC1.C1CCOC1.C[Si](C)(C)[Si-]([Si](C)(C)C)[Si](c1ccccc1)(c1ccccc1)c1ccccc1.[Li+]. The molecule has 0 aromatic heterocycles. The van der Waals surface area contributed by atoms with Crippen molar-refractivity contribution in [1.82, 2.24) is 0 Å². The molecule has 0 spiro atoms. The van der Waals surface area contributed by atoms with E-state index in [2.05, 4.69) is 130 Å². The second-order valence-electron chi connectivity index (χ2n) is 13.7. The molecule has 3 aliphatic rings. The van der Waals surface area contributed by atoms with Crippen molar-refractivity contribution < 1.29 is 33.1 Å². The molecule has 0 unspecified atom stereocenters. The summed E-state index contributed by atoms with van der Waals surface area (Å²) in [6.07, 6.45) is 7.67. The third-order valence-corrected chi connectivity index (χ3v) is 62.9. The maximum atomic E-state index is 4.94. The predicted molar refractivity (Wildman–Crippen MR) is 197 cm³/mol. The third kappa shape index (κ3) is 12.0. The Kier molecular flexibility index (Phi) is 18.1. The maximum absolute atomic E-state index is 4.94. The van der Waals surface area contributed by atoms with Crippen molar-refractivity contribution in [2.45, 2.75) is 77.8 Å². The van der Waals surface area contributed by atoms with Gasteiger partial charge in [-0.3, -0.25) is 0 Å². The minimum atomic E-state index is -2.10. The number of hydrogen-bond acceptors (Lipinski definition) is 3. The monoisotopic (exact) mass is 656 g/mol. The van der Waals surface area contributed by atoms with Gasteiger partial charge in [-0.2, -0.15) is 0 Å². The summed E-state index contributed by atoms with van der Waals surface area (Å²) in [5.74, 6) is 0. The van der Waals surface area contributed by atoms with Gasteiger partial charge in [0.15, 0.2) is 0 Å². The predicted octanol–water partition coefficient (Wildman–Crippen LogP) is 3.96. The molecular weight excluding hydrogens is 600 g/mol. The Hall–Kier alpha value is -0.995. The Balaban J connectivity index is 0.000000339. The zero-order valence-electron chi connectivity index (χ0n) is 28.9. The van der Waals surface area contributed by atoms with E-state index in [1.165, 1.54) is 38.5 Å². The van der Waals surface area contributed by atoms with Crippen molar-refractivity contribution in [2.75, 3.05) is 39.6 Å². The van der Waals surface area contributed by atoms with Gasteiger partial charge in [-0.1, -0.05) is 146 Å². The summed E-state index contributed by atoms with van der Waals surface area (Å²) in [5, 5.41) is 4.85. The average molecular weight is 657 g/mol. The van der Waals surface area contributed by atoms with Crippen LogP contribution in [0.3, 0.4) is 0 Å². The molecule has 3 fully saturated rings. The van der Waals surface area contributed by atoms with Crippen LogP contribution in [0.1, 0.15) is 38.5 Å². The van der Waals surface area contributed by atoms with Gasteiger partial charge < -0.3 is 14.2 Å². The van der Waals surface area contributed by atoms with Crippen LogP contribution in [0.25, 0.3) is 0 Å². The number of benzene rings is 3. The van der Waals surface area contributed by atoms with Gasteiger partial charge in [0, 0.05) is 39.6 Å². The van der Waals surface area contributed by atoms with Crippen LogP contribution < -0.4 is 34.4 Å². The van der Waals surface area contributed by atoms with Crippen LogP contribution in [-0.4, -0.2) is 69.8 Å². The normalized spacial score (nSPS) is 16.4. The zero-order chi connectivity index (χ0) is 31.0. The van der Waals surface area contributed by atoms with Crippen molar-refractivity contribution in [3.05, 3.63) is 91.0 Å². The molecule has 3 saturated heterocycles. The van der Waals surface area contributed by atoms with Crippen molar-refractivity contribution in [2.24, 2.45) is 0 Å². The minimum Gasteiger partial charge on any atom is -0.381 e. The summed E-state index contributed by atoms with van der Waals surface area (Å²) in [5.41, 5.74) is 0.